The number of aryl methyl sites for hydroxylation is 1. The lowest BCUT2D eigenvalue weighted by Crippen LogP contribution is -2.33. The van der Waals surface area contributed by atoms with Crippen LogP contribution in [0.2, 0.25) is 0 Å². The van der Waals surface area contributed by atoms with E-state index >= 15 is 0 Å². The molecule has 0 spiro atoms. The summed E-state index contributed by atoms with van der Waals surface area (Å²) in [6, 6.07) is 18.6. The molecule has 0 bridgehead atoms. The van der Waals surface area contributed by atoms with Crippen molar-refractivity contribution in [2.24, 2.45) is 0 Å². The Balaban J connectivity index is 1.62. The van der Waals surface area contributed by atoms with Gasteiger partial charge in [-0.05, 0) is 29.5 Å². The van der Waals surface area contributed by atoms with E-state index in [4.69, 9.17) is 14.2 Å². The molecule has 1 unspecified atom stereocenters. The minimum absolute atomic E-state index is 0.0358. The molecule has 1 atom stereocenters. The first kappa shape index (κ1) is 19.0. The summed E-state index contributed by atoms with van der Waals surface area (Å²) in [6.45, 7) is 0.968. The number of esters is 1. The Morgan fingerprint density at radius 2 is 1.89 bits per heavy atom. The van der Waals surface area contributed by atoms with E-state index in [1.54, 1.807) is 6.26 Å². The van der Waals surface area contributed by atoms with E-state index in [1.807, 2.05) is 30.3 Å². The third-order valence-corrected chi connectivity index (χ3v) is 4.51. The fourth-order valence-corrected chi connectivity index (χ4v) is 3.04. The summed E-state index contributed by atoms with van der Waals surface area (Å²) in [4.78, 5) is 11.3. The molecule has 0 fully saturated rings. The largest absolute Gasteiger partial charge is 0.469 e. The molecule has 0 aromatic heterocycles. The third-order valence-electron chi connectivity index (χ3n) is 4.51. The Morgan fingerprint density at radius 1 is 1.11 bits per heavy atom. The molecule has 5 nitrogen and oxygen atoms in total. The van der Waals surface area contributed by atoms with Crippen LogP contribution in [0.1, 0.15) is 23.1 Å². The van der Waals surface area contributed by atoms with E-state index in [9.17, 15) is 4.79 Å². The number of ether oxygens (including phenoxy) is 3. The Hall–Kier alpha value is -2.79. The van der Waals surface area contributed by atoms with Crippen LogP contribution in [-0.2, 0) is 38.4 Å². The topological polar surface area (TPSA) is 56.8 Å². The van der Waals surface area contributed by atoms with E-state index in [0.717, 1.165) is 23.3 Å². The van der Waals surface area contributed by atoms with Crippen molar-refractivity contribution in [2.45, 2.75) is 31.8 Å². The van der Waals surface area contributed by atoms with E-state index in [1.165, 1.54) is 12.7 Å². The molecule has 2 aromatic carbocycles. The summed E-state index contributed by atoms with van der Waals surface area (Å²) in [5.74, 6) is 0.632. The number of benzene rings is 2. The molecule has 1 aliphatic rings. The molecule has 27 heavy (non-hydrogen) atoms. The quantitative estimate of drug-likeness (QED) is 0.689. The fraction of sp³-hybridized carbons (Fsp3) is 0.318. The highest BCUT2D eigenvalue weighted by molar-refractivity contribution is 5.69. The van der Waals surface area contributed by atoms with Gasteiger partial charge in [-0.15, -0.1) is 0 Å². The summed E-state index contributed by atoms with van der Waals surface area (Å²) in [5, 5.41) is 3.56. The zero-order valence-electron chi connectivity index (χ0n) is 15.5. The van der Waals surface area contributed by atoms with Crippen LogP contribution in [0.3, 0.4) is 0 Å². The van der Waals surface area contributed by atoms with E-state index < -0.39 is 0 Å². The van der Waals surface area contributed by atoms with Gasteiger partial charge in [-0.25, -0.2) is 0 Å². The maximum atomic E-state index is 11.3. The fourth-order valence-electron chi connectivity index (χ4n) is 3.04. The minimum Gasteiger partial charge on any atom is -0.469 e. The number of carbonyl (C=O) groups is 1. The minimum atomic E-state index is -0.188. The van der Waals surface area contributed by atoms with Crippen molar-refractivity contribution < 1.29 is 19.0 Å². The Kier molecular flexibility index (Phi) is 6.88. The van der Waals surface area contributed by atoms with E-state index in [2.05, 4.69) is 29.6 Å². The predicted octanol–water partition coefficient (Wildman–Crippen LogP) is 3.34. The molecule has 2 aromatic rings. The van der Waals surface area contributed by atoms with E-state index in [-0.39, 0.29) is 18.8 Å². The van der Waals surface area contributed by atoms with Crippen molar-refractivity contribution in [3.05, 3.63) is 83.3 Å². The second-order valence-electron chi connectivity index (χ2n) is 6.47. The number of hydrogen-bond donors (Lipinski definition) is 1. The van der Waals surface area contributed by atoms with Crippen LogP contribution in [0.4, 0.5) is 0 Å². The zero-order chi connectivity index (χ0) is 18.9. The highest BCUT2D eigenvalue weighted by atomic mass is 16.7. The number of carbonyl (C=O) groups excluding carboxylic acids is 1. The Morgan fingerprint density at radius 3 is 2.63 bits per heavy atom. The van der Waals surface area contributed by atoms with Crippen molar-refractivity contribution >= 4 is 5.97 Å². The first-order chi connectivity index (χ1) is 13.2. The van der Waals surface area contributed by atoms with E-state index in [0.29, 0.717) is 19.4 Å². The van der Waals surface area contributed by atoms with Crippen molar-refractivity contribution in [3.63, 3.8) is 0 Å². The van der Waals surface area contributed by atoms with Gasteiger partial charge in [-0.2, -0.15) is 0 Å². The molecule has 1 aliphatic heterocycles. The van der Waals surface area contributed by atoms with Crippen LogP contribution in [0.25, 0.3) is 0 Å². The average molecular weight is 367 g/mol. The zero-order valence-corrected chi connectivity index (χ0v) is 15.5. The summed E-state index contributed by atoms with van der Waals surface area (Å²) < 4.78 is 15.6. The molecule has 142 valence electrons. The standard InChI is InChI=1S/C22H25NO4/c1-25-22(24)11-10-18-8-5-9-19(12-18)14-23-20(21-15-26-16-27-21)13-17-6-3-2-4-7-17/h2-9,12,15,20,23H,10-11,13-14,16H2,1H3. The van der Waals surface area contributed by atoms with Crippen LogP contribution in [0.15, 0.2) is 66.6 Å². The Labute approximate surface area is 159 Å². The lowest BCUT2D eigenvalue weighted by Gasteiger charge is -2.19. The first-order valence-electron chi connectivity index (χ1n) is 9.11. The van der Waals surface area contributed by atoms with Gasteiger partial charge in [0.25, 0.3) is 0 Å². The van der Waals surface area contributed by atoms with Crippen molar-refractivity contribution in [3.8, 4) is 0 Å². The normalized spacial score (nSPS) is 14.0. The van der Waals surface area contributed by atoms with Crippen LogP contribution in [-0.4, -0.2) is 25.9 Å². The van der Waals surface area contributed by atoms with Gasteiger partial charge >= 0.3 is 5.97 Å². The van der Waals surface area contributed by atoms with Crippen LogP contribution >= 0.6 is 0 Å². The molecule has 0 radical (unpaired) electrons. The van der Waals surface area contributed by atoms with Gasteiger partial charge in [0.1, 0.15) is 6.26 Å². The summed E-state index contributed by atoms with van der Waals surface area (Å²) in [5.41, 5.74) is 3.52. The average Bonchev–Trinajstić information content (AvgIpc) is 3.25. The summed E-state index contributed by atoms with van der Waals surface area (Å²) in [7, 11) is 1.42. The second kappa shape index (κ2) is 9.78. The SMILES string of the molecule is COC(=O)CCc1cccc(CNC(Cc2ccccc2)C2=COCO2)c1. The third kappa shape index (κ3) is 5.86. The molecule has 1 N–H and O–H groups in total. The molecular weight excluding hydrogens is 342 g/mol. The van der Waals surface area contributed by atoms with Crippen molar-refractivity contribution in [1.29, 1.82) is 0 Å². The lowest BCUT2D eigenvalue weighted by molar-refractivity contribution is -0.140. The molecule has 1 heterocycles. The van der Waals surface area contributed by atoms with Gasteiger partial charge in [-0.3, -0.25) is 4.79 Å². The molecule has 3 rings (SSSR count). The molecule has 0 saturated carbocycles. The monoisotopic (exact) mass is 367 g/mol. The van der Waals surface area contributed by atoms with Crippen LogP contribution in [0, 0.1) is 0 Å². The van der Waals surface area contributed by atoms with Gasteiger partial charge in [-0.1, -0.05) is 54.6 Å². The van der Waals surface area contributed by atoms with Gasteiger partial charge in [0, 0.05) is 13.0 Å². The Bertz CT molecular complexity index is 773. The highest BCUT2D eigenvalue weighted by Crippen LogP contribution is 2.17. The number of rotatable bonds is 9. The molecule has 5 heteroatoms. The number of hydrogen-bond acceptors (Lipinski definition) is 5. The lowest BCUT2D eigenvalue weighted by atomic mass is 10.0. The van der Waals surface area contributed by atoms with Crippen molar-refractivity contribution in [2.75, 3.05) is 13.9 Å². The predicted molar refractivity (Wildman–Crippen MR) is 103 cm³/mol. The summed E-state index contributed by atoms with van der Waals surface area (Å²) in [6.07, 6.45) is 3.57. The maximum Gasteiger partial charge on any atom is 0.305 e. The van der Waals surface area contributed by atoms with Crippen molar-refractivity contribution in [1.82, 2.24) is 5.32 Å². The maximum absolute atomic E-state index is 11.3. The van der Waals surface area contributed by atoms with Crippen LogP contribution < -0.4 is 5.32 Å². The van der Waals surface area contributed by atoms with Crippen LogP contribution in [0.5, 0.6) is 0 Å². The van der Waals surface area contributed by atoms with Gasteiger partial charge in [0.2, 0.25) is 6.79 Å². The molecule has 0 aliphatic carbocycles. The highest BCUT2D eigenvalue weighted by Gasteiger charge is 2.20. The second-order valence-corrected chi connectivity index (χ2v) is 6.47. The number of methoxy groups -OCH3 is 1. The molecule has 0 amide bonds. The molecule has 0 saturated heterocycles. The smallest absolute Gasteiger partial charge is 0.305 e. The number of nitrogens with one attached hydrogen (secondary N) is 1. The van der Waals surface area contributed by atoms with Gasteiger partial charge < -0.3 is 19.5 Å². The summed E-state index contributed by atoms with van der Waals surface area (Å²) >= 11 is 0. The molecular formula is C22H25NO4. The first-order valence-corrected chi connectivity index (χ1v) is 9.11. The van der Waals surface area contributed by atoms with Gasteiger partial charge in [0.05, 0.1) is 13.2 Å². The van der Waals surface area contributed by atoms with Gasteiger partial charge in [0.15, 0.2) is 5.76 Å².